The van der Waals surface area contributed by atoms with Crippen molar-refractivity contribution in [3.63, 3.8) is 0 Å². The second-order valence-corrected chi connectivity index (χ2v) is 10.4. The molecule has 1 N–H and O–H groups in total. The summed E-state index contributed by atoms with van der Waals surface area (Å²) in [5.41, 5.74) is 1.90. The summed E-state index contributed by atoms with van der Waals surface area (Å²) >= 11 is 14.5. The lowest BCUT2D eigenvalue weighted by Gasteiger charge is -2.31. The zero-order valence-corrected chi connectivity index (χ0v) is 21.4. The average molecular weight is 508 g/mol. The summed E-state index contributed by atoms with van der Waals surface area (Å²) in [7, 11) is 0. The van der Waals surface area contributed by atoms with Crippen molar-refractivity contribution in [2.45, 2.75) is 69.8 Å². The van der Waals surface area contributed by atoms with Crippen LogP contribution < -0.4 is 5.32 Å². The molecule has 1 aliphatic carbocycles. The van der Waals surface area contributed by atoms with Gasteiger partial charge in [-0.05, 0) is 37.5 Å². The fourth-order valence-corrected chi connectivity index (χ4v) is 5.48. The van der Waals surface area contributed by atoms with Crippen LogP contribution in [0.1, 0.15) is 56.6 Å². The second-order valence-electron chi connectivity index (χ2n) is 8.53. The summed E-state index contributed by atoms with van der Waals surface area (Å²) in [6.07, 6.45) is 5.84. The molecule has 33 heavy (non-hydrogen) atoms. The molecule has 1 saturated carbocycles. The topological polar surface area (TPSA) is 49.4 Å². The highest BCUT2D eigenvalue weighted by Gasteiger charge is 2.28. The van der Waals surface area contributed by atoms with Crippen LogP contribution in [0.3, 0.4) is 0 Å². The van der Waals surface area contributed by atoms with E-state index in [0.717, 1.165) is 31.4 Å². The van der Waals surface area contributed by atoms with Crippen LogP contribution in [-0.2, 0) is 21.9 Å². The minimum Gasteiger partial charge on any atom is -0.352 e. The van der Waals surface area contributed by atoms with E-state index >= 15 is 0 Å². The molecular formula is C26H32Cl2N2O2S. The molecule has 0 saturated heterocycles. The normalized spacial score (nSPS) is 15.1. The van der Waals surface area contributed by atoms with Crippen molar-refractivity contribution in [3.05, 3.63) is 69.7 Å². The van der Waals surface area contributed by atoms with E-state index in [2.05, 4.69) is 17.4 Å². The molecule has 0 heterocycles. The van der Waals surface area contributed by atoms with Crippen molar-refractivity contribution in [2.24, 2.45) is 0 Å². The zero-order valence-electron chi connectivity index (χ0n) is 19.1. The molecule has 0 spiro atoms. The summed E-state index contributed by atoms with van der Waals surface area (Å²) in [6, 6.07) is 15.1. The lowest BCUT2D eigenvalue weighted by Crippen LogP contribution is -2.50. The Kier molecular flexibility index (Phi) is 10.4. The van der Waals surface area contributed by atoms with Gasteiger partial charge in [-0.1, -0.05) is 78.9 Å². The quantitative estimate of drug-likeness (QED) is 0.375. The van der Waals surface area contributed by atoms with E-state index in [1.54, 1.807) is 41.8 Å². The fraction of sp³-hybridized carbons (Fsp3) is 0.462. The summed E-state index contributed by atoms with van der Waals surface area (Å²) in [4.78, 5) is 27.9. The van der Waals surface area contributed by atoms with Crippen molar-refractivity contribution < 1.29 is 9.59 Å². The number of amides is 2. The van der Waals surface area contributed by atoms with Crippen molar-refractivity contribution in [1.29, 1.82) is 0 Å². The molecule has 0 bridgehead atoms. The van der Waals surface area contributed by atoms with Gasteiger partial charge in [0, 0.05) is 46.1 Å². The van der Waals surface area contributed by atoms with E-state index in [9.17, 15) is 9.59 Å². The van der Waals surface area contributed by atoms with Crippen molar-refractivity contribution in [3.8, 4) is 0 Å². The molecule has 0 radical (unpaired) electrons. The lowest BCUT2D eigenvalue weighted by molar-refractivity contribution is -0.140. The Morgan fingerprint density at radius 3 is 2.36 bits per heavy atom. The number of thioether (sulfide) groups is 1. The van der Waals surface area contributed by atoms with Crippen LogP contribution in [-0.4, -0.2) is 34.6 Å². The first-order valence-corrected chi connectivity index (χ1v) is 13.5. The Balaban J connectivity index is 1.65. The standard InChI is InChI=1S/C26H32Cl2N2O2S/c1-19(26(32)29-21-11-6-3-7-12-21)30(17-22-23(27)13-8-14-24(22)28)25(31)15-16-33-18-20-9-4-2-5-10-20/h2,4-5,8-10,13-14,19,21H,3,6-7,11-12,15-18H2,1H3,(H,29,32)/t19-/m0/s1. The molecule has 0 aromatic heterocycles. The predicted molar refractivity (Wildman–Crippen MR) is 139 cm³/mol. The van der Waals surface area contributed by atoms with E-state index < -0.39 is 6.04 Å². The minimum atomic E-state index is -0.606. The predicted octanol–water partition coefficient (Wildman–Crippen LogP) is 6.48. The Bertz CT molecular complexity index is 900. The van der Waals surface area contributed by atoms with Crippen molar-refractivity contribution in [2.75, 3.05) is 5.75 Å². The summed E-state index contributed by atoms with van der Waals surface area (Å²) < 4.78 is 0. The molecule has 1 atom stereocenters. The Morgan fingerprint density at radius 2 is 1.70 bits per heavy atom. The first-order valence-electron chi connectivity index (χ1n) is 11.6. The van der Waals surface area contributed by atoms with Gasteiger partial charge in [0.05, 0.1) is 0 Å². The SMILES string of the molecule is C[C@@H](C(=O)NC1CCCCC1)N(Cc1c(Cl)cccc1Cl)C(=O)CCSCc1ccccc1. The maximum atomic E-state index is 13.3. The molecule has 1 fully saturated rings. The molecule has 3 rings (SSSR count). The number of rotatable bonds is 10. The Morgan fingerprint density at radius 1 is 1.03 bits per heavy atom. The van der Waals surface area contributed by atoms with E-state index in [1.807, 2.05) is 18.2 Å². The van der Waals surface area contributed by atoms with Crippen LogP contribution in [0.4, 0.5) is 0 Å². The van der Waals surface area contributed by atoms with Gasteiger partial charge in [-0.25, -0.2) is 0 Å². The second kappa shape index (κ2) is 13.3. The Labute approximate surface area is 211 Å². The maximum absolute atomic E-state index is 13.3. The van der Waals surface area contributed by atoms with Crippen molar-refractivity contribution >= 4 is 46.8 Å². The summed E-state index contributed by atoms with van der Waals surface area (Å²) in [5.74, 6) is 1.34. The van der Waals surface area contributed by atoms with Gasteiger partial charge in [0.1, 0.15) is 6.04 Å². The molecule has 4 nitrogen and oxygen atoms in total. The first kappa shape index (κ1) is 25.9. The molecule has 7 heteroatoms. The van der Waals surface area contributed by atoms with Gasteiger partial charge >= 0.3 is 0 Å². The number of hydrogen-bond donors (Lipinski definition) is 1. The molecule has 0 aliphatic heterocycles. The average Bonchev–Trinajstić information content (AvgIpc) is 2.82. The highest BCUT2D eigenvalue weighted by Crippen LogP contribution is 2.27. The third-order valence-electron chi connectivity index (χ3n) is 6.08. The number of nitrogens with one attached hydrogen (secondary N) is 1. The smallest absolute Gasteiger partial charge is 0.242 e. The largest absolute Gasteiger partial charge is 0.352 e. The van der Waals surface area contributed by atoms with E-state index in [-0.39, 0.29) is 24.4 Å². The van der Waals surface area contributed by atoms with Gasteiger partial charge in [-0.3, -0.25) is 9.59 Å². The molecule has 2 amide bonds. The maximum Gasteiger partial charge on any atom is 0.242 e. The summed E-state index contributed by atoms with van der Waals surface area (Å²) in [6.45, 7) is 2.00. The summed E-state index contributed by atoms with van der Waals surface area (Å²) in [5, 5.41) is 4.15. The van der Waals surface area contributed by atoms with Gasteiger partial charge in [0.25, 0.3) is 0 Å². The van der Waals surface area contributed by atoms with Gasteiger partial charge in [0.2, 0.25) is 11.8 Å². The molecule has 178 valence electrons. The van der Waals surface area contributed by atoms with Crippen LogP contribution in [0.2, 0.25) is 10.0 Å². The van der Waals surface area contributed by atoms with Gasteiger partial charge in [-0.15, -0.1) is 0 Å². The molecule has 0 unspecified atom stereocenters. The first-order chi connectivity index (χ1) is 16.0. The molecular weight excluding hydrogens is 475 g/mol. The number of nitrogens with zero attached hydrogens (tertiary/aromatic N) is 1. The third-order valence-corrected chi connectivity index (χ3v) is 7.82. The van der Waals surface area contributed by atoms with Gasteiger partial charge < -0.3 is 10.2 Å². The molecule has 2 aromatic rings. The van der Waals surface area contributed by atoms with E-state index in [4.69, 9.17) is 23.2 Å². The minimum absolute atomic E-state index is 0.0714. The van der Waals surface area contributed by atoms with E-state index in [0.29, 0.717) is 27.8 Å². The van der Waals surface area contributed by atoms with Crippen LogP contribution in [0.5, 0.6) is 0 Å². The number of hydrogen-bond acceptors (Lipinski definition) is 3. The van der Waals surface area contributed by atoms with Crippen LogP contribution in [0, 0.1) is 0 Å². The lowest BCUT2D eigenvalue weighted by atomic mass is 9.95. The van der Waals surface area contributed by atoms with Crippen LogP contribution in [0.15, 0.2) is 48.5 Å². The van der Waals surface area contributed by atoms with Crippen molar-refractivity contribution in [1.82, 2.24) is 10.2 Å². The fourth-order valence-electron chi connectivity index (χ4n) is 4.07. The Hall–Kier alpha value is -1.69. The number of halogens is 2. The van der Waals surface area contributed by atoms with Crippen LogP contribution >= 0.6 is 35.0 Å². The van der Waals surface area contributed by atoms with Gasteiger partial charge in [-0.2, -0.15) is 11.8 Å². The number of carbonyl (C=O) groups excluding carboxylic acids is 2. The molecule has 2 aromatic carbocycles. The highest BCUT2D eigenvalue weighted by atomic mass is 35.5. The van der Waals surface area contributed by atoms with E-state index in [1.165, 1.54) is 12.0 Å². The number of carbonyl (C=O) groups is 2. The highest BCUT2D eigenvalue weighted by molar-refractivity contribution is 7.98. The number of benzene rings is 2. The molecule has 1 aliphatic rings. The van der Waals surface area contributed by atoms with Gasteiger partial charge in [0.15, 0.2) is 0 Å². The zero-order chi connectivity index (χ0) is 23.6. The monoisotopic (exact) mass is 506 g/mol. The third kappa shape index (κ3) is 7.94. The van der Waals surface area contributed by atoms with Crippen LogP contribution in [0.25, 0.3) is 0 Å².